The van der Waals surface area contributed by atoms with E-state index in [2.05, 4.69) is 0 Å². The maximum atomic E-state index is 11.4. The summed E-state index contributed by atoms with van der Waals surface area (Å²) in [5.74, 6) is -2.12. The van der Waals surface area contributed by atoms with E-state index in [4.69, 9.17) is 14.3 Å². The third-order valence-electron chi connectivity index (χ3n) is 2.20. The normalized spacial score (nSPS) is 10.3. The average Bonchev–Trinajstić information content (AvgIpc) is 2.74. The molecule has 1 heterocycles. The van der Waals surface area contributed by atoms with Crippen molar-refractivity contribution in [3.05, 3.63) is 30.0 Å². The van der Waals surface area contributed by atoms with Crippen molar-refractivity contribution in [3.8, 4) is 5.75 Å². The molecular formula is C11H8O5. The quantitative estimate of drug-likeness (QED) is 0.629. The zero-order valence-corrected chi connectivity index (χ0v) is 8.39. The highest BCUT2D eigenvalue weighted by atomic mass is 16.5. The van der Waals surface area contributed by atoms with Gasteiger partial charge in [0, 0.05) is 5.39 Å². The molecule has 0 radical (unpaired) electrons. The number of methoxy groups -OCH3 is 1. The fourth-order valence-electron chi connectivity index (χ4n) is 1.46. The van der Waals surface area contributed by atoms with E-state index in [0.29, 0.717) is 11.1 Å². The van der Waals surface area contributed by atoms with Crippen molar-refractivity contribution >= 4 is 22.7 Å². The molecule has 0 amide bonds. The fourth-order valence-corrected chi connectivity index (χ4v) is 1.46. The van der Waals surface area contributed by atoms with Crippen LogP contribution in [0.2, 0.25) is 0 Å². The van der Waals surface area contributed by atoms with Gasteiger partial charge in [0.25, 0.3) is 5.78 Å². The number of hydrogen-bond donors (Lipinski definition) is 1. The Morgan fingerprint density at radius 2 is 2.12 bits per heavy atom. The lowest BCUT2D eigenvalue weighted by Crippen LogP contribution is -2.13. The van der Waals surface area contributed by atoms with E-state index in [-0.39, 0.29) is 11.1 Å². The van der Waals surface area contributed by atoms with Gasteiger partial charge in [-0.2, -0.15) is 0 Å². The van der Waals surface area contributed by atoms with Gasteiger partial charge in [-0.25, -0.2) is 4.79 Å². The summed E-state index contributed by atoms with van der Waals surface area (Å²) in [4.78, 5) is 22.0. The topological polar surface area (TPSA) is 76.7 Å². The van der Waals surface area contributed by atoms with Crippen molar-refractivity contribution in [2.45, 2.75) is 0 Å². The number of carbonyl (C=O) groups is 2. The van der Waals surface area contributed by atoms with Crippen molar-refractivity contribution in [1.29, 1.82) is 0 Å². The zero-order valence-electron chi connectivity index (χ0n) is 8.39. The van der Waals surface area contributed by atoms with Gasteiger partial charge >= 0.3 is 5.97 Å². The summed E-state index contributed by atoms with van der Waals surface area (Å²) >= 11 is 0. The van der Waals surface area contributed by atoms with Gasteiger partial charge in [0.05, 0.1) is 18.9 Å². The minimum atomic E-state index is -1.52. The first-order valence-corrected chi connectivity index (χ1v) is 4.46. The molecule has 2 aromatic rings. The molecule has 0 fully saturated rings. The molecule has 0 saturated carbocycles. The molecule has 0 unspecified atom stereocenters. The monoisotopic (exact) mass is 220 g/mol. The van der Waals surface area contributed by atoms with E-state index < -0.39 is 11.8 Å². The van der Waals surface area contributed by atoms with Crippen molar-refractivity contribution in [2.24, 2.45) is 0 Å². The van der Waals surface area contributed by atoms with Gasteiger partial charge in [0.1, 0.15) is 11.3 Å². The van der Waals surface area contributed by atoms with E-state index in [1.807, 2.05) is 0 Å². The highest BCUT2D eigenvalue weighted by molar-refractivity contribution is 6.42. The number of Topliss-reactive ketones (excluding diaryl/α,β-unsaturated/α-hetero) is 1. The second-order valence-electron chi connectivity index (χ2n) is 3.15. The first-order chi connectivity index (χ1) is 7.63. The van der Waals surface area contributed by atoms with Gasteiger partial charge in [-0.05, 0) is 18.2 Å². The van der Waals surface area contributed by atoms with Crippen LogP contribution in [0.1, 0.15) is 10.4 Å². The van der Waals surface area contributed by atoms with E-state index >= 15 is 0 Å². The summed E-state index contributed by atoms with van der Waals surface area (Å²) in [6, 6.07) is 4.65. The number of benzene rings is 1. The summed E-state index contributed by atoms with van der Waals surface area (Å²) < 4.78 is 10.1. The Balaban J connectivity index is 2.70. The van der Waals surface area contributed by atoms with Gasteiger partial charge < -0.3 is 14.3 Å². The highest BCUT2D eigenvalue weighted by Gasteiger charge is 2.20. The van der Waals surface area contributed by atoms with Crippen LogP contribution in [0.25, 0.3) is 11.0 Å². The molecule has 1 aromatic carbocycles. The molecule has 0 atom stereocenters. The molecule has 5 nitrogen and oxygen atoms in total. The lowest BCUT2D eigenvalue weighted by molar-refractivity contribution is -0.131. The molecule has 0 aliphatic rings. The standard InChI is InChI=1S/C11H8O5/c1-15-7-4-6-2-3-16-10(6)8(5-7)9(12)11(13)14/h2-5H,1H3,(H,13,14). The van der Waals surface area contributed by atoms with Gasteiger partial charge in [0.15, 0.2) is 0 Å². The number of furan rings is 1. The summed E-state index contributed by atoms with van der Waals surface area (Å²) in [6.45, 7) is 0. The number of aliphatic carboxylic acids is 1. The van der Waals surface area contributed by atoms with Crippen molar-refractivity contribution < 1.29 is 23.8 Å². The molecule has 0 spiro atoms. The number of ketones is 1. The van der Waals surface area contributed by atoms with Gasteiger partial charge in [-0.3, -0.25) is 4.79 Å². The summed E-state index contributed by atoms with van der Waals surface area (Å²) in [7, 11) is 1.44. The van der Waals surface area contributed by atoms with Gasteiger partial charge in [0.2, 0.25) is 0 Å². The van der Waals surface area contributed by atoms with Crippen molar-refractivity contribution in [2.75, 3.05) is 7.11 Å². The highest BCUT2D eigenvalue weighted by Crippen LogP contribution is 2.26. The smallest absolute Gasteiger partial charge is 0.377 e. The molecule has 0 bridgehead atoms. The number of ether oxygens (including phenoxy) is 1. The Bertz CT molecular complexity index is 567. The third-order valence-corrected chi connectivity index (χ3v) is 2.20. The van der Waals surface area contributed by atoms with E-state index in [0.717, 1.165) is 0 Å². The van der Waals surface area contributed by atoms with Crippen LogP contribution < -0.4 is 4.74 Å². The van der Waals surface area contributed by atoms with Crippen molar-refractivity contribution in [3.63, 3.8) is 0 Å². The largest absolute Gasteiger partial charge is 0.497 e. The maximum absolute atomic E-state index is 11.4. The summed E-state index contributed by atoms with van der Waals surface area (Å²) in [5.41, 5.74) is 0.250. The third kappa shape index (κ3) is 1.52. The molecule has 0 aliphatic heterocycles. The second kappa shape index (κ2) is 3.69. The van der Waals surface area contributed by atoms with Crippen molar-refractivity contribution in [1.82, 2.24) is 0 Å². The van der Waals surface area contributed by atoms with Crippen LogP contribution in [0.4, 0.5) is 0 Å². The first kappa shape index (κ1) is 10.2. The van der Waals surface area contributed by atoms with Crippen LogP contribution in [-0.2, 0) is 4.79 Å². The molecule has 0 saturated heterocycles. The molecule has 1 N–H and O–H groups in total. The van der Waals surface area contributed by atoms with Gasteiger partial charge in [-0.1, -0.05) is 0 Å². The van der Waals surface area contributed by atoms with Crippen LogP contribution in [0.5, 0.6) is 5.75 Å². The number of carboxylic acid groups (broad SMARTS) is 1. The Kier molecular flexibility index (Phi) is 2.36. The van der Waals surface area contributed by atoms with Gasteiger partial charge in [-0.15, -0.1) is 0 Å². The zero-order chi connectivity index (χ0) is 11.7. The Hall–Kier alpha value is -2.30. The lowest BCUT2D eigenvalue weighted by atomic mass is 10.1. The average molecular weight is 220 g/mol. The van der Waals surface area contributed by atoms with E-state index in [9.17, 15) is 9.59 Å². The second-order valence-corrected chi connectivity index (χ2v) is 3.15. The molecule has 2 rings (SSSR count). The molecular weight excluding hydrogens is 212 g/mol. The summed E-state index contributed by atoms with van der Waals surface area (Å²) in [6.07, 6.45) is 1.39. The Labute approximate surface area is 90.2 Å². The molecule has 16 heavy (non-hydrogen) atoms. The van der Waals surface area contributed by atoms with E-state index in [1.54, 1.807) is 12.1 Å². The van der Waals surface area contributed by atoms with E-state index in [1.165, 1.54) is 19.4 Å². The van der Waals surface area contributed by atoms with Crippen LogP contribution >= 0.6 is 0 Å². The minimum absolute atomic E-state index is 0.00755. The number of hydrogen-bond acceptors (Lipinski definition) is 4. The minimum Gasteiger partial charge on any atom is -0.497 e. The predicted octanol–water partition coefficient (Wildman–Crippen LogP) is 1.71. The molecule has 5 heteroatoms. The van der Waals surface area contributed by atoms with Crippen LogP contribution in [0.3, 0.4) is 0 Å². The van der Waals surface area contributed by atoms with Crippen LogP contribution in [0, 0.1) is 0 Å². The Morgan fingerprint density at radius 3 is 2.75 bits per heavy atom. The van der Waals surface area contributed by atoms with Crippen LogP contribution in [0.15, 0.2) is 28.9 Å². The first-order valence-electron chi connectivity index (χ1n) is 4.46. The number of fused-ring (bicyclic) bond motifs is 1. The molecule has 1 aromatic heterocycles. The SMILES string of the molecule is COc1cc(C(=O)C(=O)O)c2occc2c1. The molecule has 82 valence electrons. The number of carboxylic acids is 1. The Morgan fingerprint density at radius 1 is 1.38 bits per heavy atom. The van der Waals surface area contributed by atoms with Crippen LogP contribution in [-0.4, -0.2) is 24.0 Å². The molecule has 0 aliphatic carbocycles. The maximum Gasteiger partial charge on any atom is 0.377 e. The predicted molar refractivity (Wildman–Crippen MR) is 54.7 cm³/mol. The summed E-state index contributed by atoms with van der Waals surface area (Å²) in [5, 5.41) is 9.29. The number of carbonyl (C=O) groups excluding carboxylic acids is 1. The lowest BCUT2D eigenvalue weighted by Gasteiger charge is -2.02. The number of rotatable bonds is 3. The fraction of sp³-hybridized carbons (Fsp3) is 0.0909.